The summed E-state index contributed by atoms with van der Waals surface area (Å²) in [7, 11) is 0. The van der Waals surface area contributed by atoms with Crippen molar-refractivity contribution in [1.29, 1.82) is 0 Å². The van der Waals surface area contributed by atoms with E-state index in [1.807, 2.05) is 79.7 Å². The van der Waals surface area contributed by atoms with E-state index in [4.69, 9.17) is 28.0 Å². The predicted octanol–water partition coefficient (Wildman–Crippen LogP) is 5.74. The molecule has 0 bridgehead atoms. The standard InChI is InChI=1S/C19H17Cl2NO/c1-2-22(19(20,21)16-11-4-3-5-12-16)23-18-14-8-10-15-9-6-7-13-17(15)18/h3-14H,2H2,1H3. The minimum Gasteiger partial charge on any atom is -0.402 e. The van der Waals surface area contributed by atoms with Gasteiger partial charge in [-0.15, -0.1) is 5.06 Å². The first-order valence-corrected chi connectivity index (χ1v) is 8.25. The van der Waals surface area contributed by atoms with Crippen LogP contribution in [0, 0.1) is 0 Å². The van der Waals surface area contributed by atoms with E-state index in [9.17, 15) is 0 Å². The largest absolute Gasteiger partial charge is 0.402 e. The van der Waals surface area contributed by atoms with Gasteiger partial charge in [0, 0.05) is 17.5 Å². The minimum atomic E-state index is -1.27. The van der Waals surface area contributed by atoms with Crippen LogP contribution in [-0.4, -0.2) is 11.6 Å². The number of alkyl halides is 2. The van der Waals surface area contributed by atoms with Crippen molar-refractivity contribution in [2.75, 3.05) is 6.54 Å². The summed E-state index contributed by atoms with van der Waals surface area (Å²) in [6.07, 6.45) is 0. The second-order valence-electron chi connectivity index (χ2n) is 5.17. The van der Waals surface area contributed by atoms with E-state index in [0.29, 0.717) is 6.54 Å². The summed E-state index contributed by atoms with van der Waals surface area (Å²) >= 11 is 13.2. The third kappa shape index (κ3) is 3.30. The number of rotatable bonds is 5. The van der Waals surface area contributed by atoms with Gasteiger partial charge in [-0.05, 0) is 18.4 Å². The van der Waals surface area contributed by atoms with E-state index in [1.54, 1.807) is 5.06 Å². The Morgan fingerprint density at radius 2 is 1.52 bits per heavy atom. The molecule has 0 radical (unpaired) electrons. The zero-order valence-corrected chi connectivity index (χ0v) is 14.3. The maximum Gasteiger partial charge on any atom is 0.227 e. The SMILES string of the molecule is CCN(Oc1cccc2ccccc12)C(Cl)(Cl)c1ccccc1. The first-order valence-electron chi connectivity index (χ1n) is 7.49. The van der Waals surface area contributed by atoms with Crippen LogP contribution >= 0.6 is 23.2 Å². The van der Waals surface area contributed by atoms with Crippen molar-refractivity contribution in [1.82, 2.24) is 5.06 Å². The molecule has 0 unspecified atom stereocenters. The second-order valence-corrected chi connectivity index (χ2v) is 6.46. The van der Waals surface area contributed by atoms with Gasteiger partial charge < -0.3 is 4.84 Å². The Kier molecular flexibility index (Phi) is 4.76. The predicted molar refractivity (Wildman–Crippen MR) is 96.8 cm³/mol. The molecule has 0 aliphatic rings. The molecule has 0 saturated carbocycles. The van der Waals surface area contributed by atoms with Crippen molar-refractivity contribution in [3.05, 3.63) is 78.4 Å². The van der Waals surface area contributed by atoms with Gasteiger partial charge in [0.15, 0.2) is 5.75 Å². The lowest BCUT2D eigenvalue weighted by molar-refractivity contribution is -0.0822. The molecule has 4 heteroatoms. The molecule has 0 N–H and O–H groups in total. The summed E-state index contributed by atoms with van der Waals surface area (Å²) in [5.74, 6) is 0.728. The highest BCUT2D eigenvalue weighted by Crippen LogP contribution is 2.39. The molecule has 0 heterocycles. The fraction of sp³-hybridized carbons (Fsp3) is 0.158. The maximum atomic E-state index is 6.60. The van der Waals surface area contributed by atoms with E-state index >= 15 is 0 Å². The molecule has 0 aliphatic heterocycles. The third-order valence-corrected chi connectivity index (χ3v) is 4.49. The number of benzene rings is 3. The van der Waals surface area contributed by atoms with Gasteiger partial charge in [0.2, 0.25) is 4.46 Å². The van der Waals surface area contributed by atoms with Crippen LogP contribution in [0.5, 0.6) is 5.75 Å². The van der Waals surface area contributed by atoms with Crippen LogP contribution in [0.15, 0.2) is 72.8 Å². The molecule has 3 aromatic rings. The Labute approximate surface area is 146 Å². The van der Waals surface area contributed by atoms with E-state index < -0.39 is 4.46 Å². The zero-order valence-electron chi connectivity index (χ0n) is 12.7. The van der Waals surface area contributed by atoms with E-state index in [-0.39, 0.29) is 0 Å². The lowest BCUT2D eigenvalue weighted by atomic mass is 10.1. The van der Waals surface area contributed by atoms with Gasteiger partial charge in [-0.2, -0.15) is 0 Å². The normalized spacial score (nSPS) is 11.8. The van der Waals surface area contributed by atoms with Crippen LogP contribution in [0.1, 0.15) is 12.5 Å². The third-order valence-electron chi connectivity index (χ3n) is 3.68. The molecule has 0 spiro atoms. The molecule has 0 fully saturated rings. The van der Waals surface area contributed by atoms with Crippen LogP contribution in [0.3, 0.4) is 0 Å². The van der Waals surface area contributed by atoms with Crippen LogP contribution < -0.4 is 4.84 Å². The molecule has 3 rings (SSSR count). The highest BCUT2D eigenvalue weighted by Gasteiger charge is 2.35. The number of hydroxylamine groups is 2. The molecule has 0 atom stereocenters. The monoisotopic (exact) mass is 345 g/mol. The lowest BCUT2D eigenvalue weighted by Gasteiger charge is -2.33. The molecule has 118 valence electrons. The minimum absolute atomic E-state index is 0.533. The van der Waals surface area contributed by atoms with Crippen molar-refractivity contribution < 1.29 is 4.84 Å². The smallest absolute Gasteiger partial charge is 0.227 e. The van der Waals surface area contributed by atoms with Crippen LogP contribution in [-0.2, 0) is 4.46 Å². The van der Waals surface area contributed by atoms with Gasteiger partial charge in [-0.1, -0.05) is 89.9 Å². The van der Waals surface area contributed by atoms with E-state index in [1.165, 1.54) is 0 Å². The Balaban J connectivity index is 1.95. The van der Waals surface area contributed by atoms with Gasteiger partial charge in [-0.25, -0.2) is 0 Å². The Morgan fingerprint density at radius 3 is 2.26 bits per heavy atom. The Bertz CT molecular complexity index is 784. The Hall–Kier alpha value is -1.74. The van der Waals surface area contributed by atoms with E-state index in [2.05, 4.69) is 0 Å². The number of hydrogen-bond donors (Lipinski definition) is 0. The molecular weight excluding hydrogens is 329 g/mol. The average Bonchev–Trinajstić information content (AvgIpc) is 2.60. The number of halogens is 2. The van der Waals surface area contributed by atoms with Gasteiger partial charge in [-0.3, -0.25) is 0 Å². The van der Waals surface area contributed by atoms with Gasteiger partial charge in [0.05, 0.1) is 0 Å². The van der Waals surface area contributed by atoms with Crippen molar-refractivity contribution in [3.8, 4) is 5.75 Å². The van der Waals surface area contributed by atoms with Gasteiger partial charge in [0.25, 0.3) is 0 Å². The quantitative estimate of drug-likeness (QED) is 0.332. The van der Waals surface area contributed by atoms with E-state index in [0.717, 1.165) is 22.1 Å². The molecule has 3 aromatic carbocycles. The molecule has 2 nitrogen and oxygen atoms in total. The fourth-order valence-electron chi connectivity index (χ4n) is 2.50. The summed E-state index contributed by atoms with van der Waals surface area (Å²) in [4.78, 5) is 6.07. The zero-order chi connectivity index (χ0) is 16.3. The summed E-state index contributed by atoms with van der Waals surface area (Å²) in [6.45, 7) is 2.48. The molecule has 23 heavy (non-hydrogen) atoms. The molecule has 0 aliphatic carbocycles. The second kappa shape index (κ2) is 6.79. The van der Waals surface area contributed by atoms with Crippen LogP contribution in [0.25, 0.3) is 10.8 Å². The maximum absolute atomic E-state index is 6.60. The highest BCUT2D eigenvalue weighted by atomic mass is 35.5. The van der Waals surface area contributed by atoms with Crippen LogP contribution in [0.2, 0.25) is 0 Å². The van der Waals surface area contributed by atoms with Gasteiger partial charge in [0.1, 0.15) is 0 Å². The number of hydrogen-bond acceptors (Lipinski definition) is 2. The molecule has 0 saturated heterocycles. The first-order chi connectivity index (χ1) is 11.1. The Morgan fingerprint density at radius 1 is 0.870 bits per heavy atom. The van der Waals surface area contributed by atoms with Crippen molar-refractivity contribution >= 4 is 34.0 Å². The van der Waals surface area contributed by atoms with Crippen molar-refractivity contribution in [2.24, 2.45) is 0 Å². The molecule has 0 amide bonds. The summed E-state index contributed by atoms with van der Waals surface area (Å²) < 4.78 is -1.27. The van der Waals surface area contributed by atoms with Gasteiger partial charge >= 0.3 is 0 Å². The highest BCUT2D eigenvalue weighted by molar-refractivity contribution is 6.47. The first kappa shape index (κ1) is 16.1. The summed E-state index contributed by atoms with van der Waals surface area (Å²) in [6, 6.07) is 23.5. The average molecular weight is 346 g/mol. The summed E-state index contributed by atoms with van der Waals surface area (Å²) in [5, 5.41) is 3.70. The number of fused-ring (bicyclic) bond motifs is 1. The molecule has 0 aromatic heterocycles. The topological polar surface area (TPSA) is 12.5 Å². The molecular formula is C19H17Cl2NO. The van der Waals surface area contributed by atoms with Crippen molar-refractivity contribution in [2.45, 2.75) is 11.4 Å². The van der Waals surface area contributed by atoms with Crippen LogP contribution in [0.4, 0.5) is 0 Å². The number of nitrogens with zero attached hydrogens (tertiary/aromatic N) is 1. The summed E-state index contributed by atoms with van der Waals surface area (Å²) in [5.41, 5.74) is 0.769. The lowest BCUT2D eigenvalue weighted by Crippen LogP contribution is -2.40. The fourth-order valence-corrected chi connectivity index (χ4v) is 3.06. The van der Waals surface area contributed by atoms with Crippen molar-refractivity contribution in [3.63, 3.8) is 0 Å².